The minimum absolute atomic E-state index is 0.0307. The summed E-state index contributed by atoms with van der Waals surface area (Å²) in [6.45, 7) is 2.08. The molecule has 100 valence electrons. The van der Waals surface area contributed by atoms with E-state index in [9.17, 15) is 9.59 Å². The summed E-state index contributed by atoms with van der Waals surface area (Å²) in [5, 5.41) is 6.02. The molecule has 0 saturated carbocycles. The molecule has 6 heteroatoms. The summed E-state index contributed by atoms with van der Waals surface area (Å²) < 4.78 is 5.34. The second-order valence-electron chi connectivity index (χ2n) is 4.22. The SMILES string of the molecule is CCCCc1occc1CC(=O)C(=O)c1nc[nH]n1. The van der Waals surface area contributed by atoms with Crippen molar-refractivity contribution in [1.29, 1.82) is 0 Å². The van der Waals surface area contributed by atoms with Gasteiger partial charge in [-0.1, -0.05) is 13.3 Å². The number of hydrogen-bond acceptors (Lipinski definition) is 5. The van der Waals surface area contributed by atoms with Crippen LogP contribution >= 0.6 is 0 Å². The van der Waals surface area contributed by atoms with Crippen LogP contribution in [0.1, 0.15) is 41.7 Å². The molecule has 2 heterocycles. The van der Waals surface area contributed by atoms with Crippen molar-refractivity contribution in [1.82, 2.24) is 15.2 Å². The zero-order valence-corrected chi connectivity index (χ0v) is 10.7. The highest BCUT2D eigenvalue weighted by molar-refractivity contribution is 6.43. The van der Waals surface area contributed by atoms with Crippen LogP contribution < -0.4 is 0 Å². The predicted molar refractivity (Wildman–Crippen MR) is 66.7 cm³/mol. The average molecular weight is 261 g/mol. The van der Waals surface area contributed by atoms with Crippen LogP contribution in [0.2, 0.25) is 0 Å². The maximum Gasteiger partial charge on any atom is 0.267 e. The predicted octanol–water partition coefficient (Wildman–Crippen LogP) is 1.73. The number of furan rings is 1. The summed E-state index contributed by atoms with van der Waals surface area (Å²) >= 11 is 0. The Labute approximate surface area is 110 Å². The summed E-state index contributed by atoms with van der Waals surface area (Å²) in [7, 11) is 0. The molecule has 6 nitrogen and oxygen atoms in total. The summed E-state index contributed by atoms with van der Waals surface area (Å²) in [6.07, 6.45) is 5.66. The van der Waals surface area contributed by atoms with Gasteiger partial charge in [-0.3, -0.25) is 14.7 Å². The van der Waals surface area contributed by atoms with Gasteiger partial charge in [0.2, 0.25) is 11.6 Å². The fourth-order valence-corrected chi connectivity index (χ4v) is 1.78. The first kappa shape index (κ1) is 13.2. The van der Waals surface area contributed by atoms with Gasteiger partial charge in [-0.25, -0.2) is 4.98 Å². The number of rotatable bonds is 7. The summed E-state index contributed by atoms with van der Waals surface area (Å²) in [4.78, 5) is 27.3. The third-order valence-corrected chi connectivity index (χ3v) is 2.82. The number of ketones is 2. The number of nitrogens with one attached hydrogen (secondary N) is 1. The maximum atomic E-state index is 11.8. The molecule has 0 aliphatic rings. The maximum absolute atomic E-state index is 11.8. The fraction of sp³-hybridized carbons (Fsp3) is 0.385. The third kappa shape index (κ3) is 3.15. The van der Waals surface area contributed by atoms with Crippen LogP contribution in [0.25, 0.3) is 0 Å². The highest BCUT2D eigenvalue weighted by Gasteiger charge is 2.21. The van der Waals surface area contributed by atoms with Crippen molar-refractivity contribution in [3.63, 3.8) is 0 Å². The van der Waals surface area contributed by atoms with Crippen LogP contribution in [0.5, 0.6) is 0 Å². The van der Waals surface area contributed by atoms with Gasteiger partial charge in [-0.2, -0.15) is 0 Å². The molecule has 0 spiro atoms. The van der Waals surface area contributed by atoms with Gasteiger partial charge >= 0.3 is 0 Å². The van der Waals surface area contributed by atoms with E-state index in [-0.39, 0.29) is 12.2 Å². The highest BCUT2D eigenvalue weighted by Crippen LogP contribution is 2.15. The van der Waals surface area contributed by atoms with E-state index in [4.69, 9.17) is 4.42 Å². The van der Waals surface area contributed by atoms with Crippen molar-refractivity contribution in [2.75, 3.05) is 0 Å². The number of aromatic amines is 1. The van der Waals surface area contributed by atoms with E-state index in [0.29, 0.717) is 0 Å². The van der Waals surface area contributed by atoms with Crippen LogP contribution in [0.4, 0.5) is 0 Å². The van der Waals surface area contributed by atoms with Gasteiger partial charge in [0.15, 0.2) is 0 Å². The highest BCUT2D eigenvalue weighted by atomic mass is 16.3. The van der Waals surface area contributed by atoms with Gasteiger partial charge in [0.25, 0.3) is 5.78 Å². The Bertz CT molecular complexity index is 557. The van der Waals surface area contributed by atoms with Gasteiger partial charge in [0, 0.05) is 18.4 Å². The van der Waals surface area contributed by atoms with Crippen LogP contribution in [-0.4, -0.2) is 26.7 Å². The number of nitrogens with zero attached hydrogens (tertiary/aromatic N) is 2. The lowest BCUT2D eigenvalue weighted by molar-refractivity contribution is -0.114. The zero-order chi connectivity index (χ0) is 13.7. The largest absolute Gasteiger partial charge is 0.469 e. The molecule has 19 heavy (non-hydrogen) atoms. The van der Waals surface area contributed by atoms with Crippen molar-refractivity contribution in [3.8, 4) is 0 Å². The lowest BCUT2D eigenvalue weighted by atomic mass is 10.0. The molecule has 1 N–H and O–H groups in total. The Morgan fingerprint density at radius 1 is 1.42 bits per heavy atom. The minimum atomic E-state index is -0.677. The Balaban J connectivity index is 2.03. The summed E-state index contributed by atoms with van der Waals surface area (Å²) in [6, 6.07) is 1.73. The van der Waals surface area contributed by atoms with E-state index in [2.05, 4.69) is 22.1 Å². The second kappa shape index (κ2) is 6.08. The zero-order valence-electron chi connectivity index (χ0n) is 10.7. The Morgan fingerprint density at radius 3 is 2.95 bits per heavy atom. The number of carbonyl (C=O) groups is 2. The van der Waals surface area contributed by atoms with E-state index in [1.807, 2.05) is 0 Å². The molecule has 0 atom stereocenters. The number of unbranched alkanes of at least 4 members (excludes halogenated alkanes) is 1. The lowest BCUT2D eigenvalue weighted by Gasteiger charge is -2.00. The molecule has 2 aromatic heterocycles. The van der Waals surface area contributed by atoms with Gasteiger partial charge < -0.3 is 4.42 Å². The number of hydrogen-bond donors (Lipinski definition) is 1. The van der Waals surface area contributed by atoms with Crippen LogP contribution in [0.15, 0.2) is 23.1 Å². The first-order chi connectivity index (χ1) is 9.22. The van der Waals surface area contributed by atoms with Crippen molar-refractivity contribution in [2.45, 2.75) is 32.6 Å². The normalized spacial score (nSPS) is 10.6. The summed E-state index contributed by atoms with van der Waals surface area (Å²) in [5.74, 6) is -0.524. The van der Waals surface area contributed by atoms with Crippen molar-refractivity contribution in [3.05, 3.63) is 35.8 Å². The number of Topliss-reactive ketones (excluding diaryl/α,β-unsaturated/α-hetero) is 2. The molecule has 0 saturated heterocycles. The van der Waals surface area contributed by atoms with E-state index in [1.54, 1.807) is 12.3 Å². The fourth-order valence-electron chi connectivity index (χ4n) is 1.78. The van der Waals surface area contributed by atoms with E-state index >= 15 is 0 Å². The Hall–Kier alpha value is -2.24. The van der Waals surface area contributed by atoms with E-state index < -0.39 is 11.6 Å². The van der Waals surface area contributed by atoms with Crippen LogP contribution in [0, 0.1) is 0 Å². The number of aryl methyl sites for hydroxylation is 1. The molecule has 0 aliphatic carbocycles. The second-order valence-corrected chi connectivity index (χ2v) is 4.22. The molecule has 0 aliphatic heterocycles. The van der Waals surface area contributed by atoms with Gasteiger partial charge in [-0.15, -0.1) is 5.10 Å². The average Bonchev–Trinajstić information content (AvgIpc) is 3.07. The van der Waals surface area contributed by atoms with E-state index in [0.717, 1.165) is 30.6 Å². The molecule has 2 aromatic rings. The molecular weight excluding hydrogens is 246 g/mol. The minimum Gasteiger partial charge on any atom is -0.469 e. The Morgan fingerprint density at radius 2 is 2.26 bits per heavy atom. The Kier molecular flexibility index (Phi) is 4.22. The molecule has 0 aromatic carbocycles. The van der Waals surface area contributed by atoms with Crippen LogP contribution in [0.3, 0.4) is 0 Å². The molecule has 0 fully saturated rings. The topological polar surface area (TPSA) is 88.9 Å². The third-order valence-electron chi connectivity index (χ3n) is 2.82. The van der Waals surface area contributed by atoms with Gasteiger partial charge in [0.1, 0.15) is 12.1 Å². The molecule has 0 bridgehead atoms. The molecule has 0 radical (unpaired) electrons. The smallest absolute Gasteiger partial charge is 0.267 e. The number of carbonyl (C=O) groups excluding carboxylic acids is 2. The number of H-pyrrole nitrogens is 1. The van der Waals surface area contributed by atoms with E-state index in [1.165, 1.54) is 6.33 Å². The molecule has 0 amide bonds. The first-order valence-corrected chi connectivity index (χ1v) is 6.21. The quantitative estimate of drug-likeness (QED) is 0.605. The first-order valence-electron chi connectivity index (χ1n) is 6.21. The van der Waals surface area contributed by atoms with Crippen LogP contribution in [-0.2, 0) is 17.6 Å². The summed E-state index contributed by atoms with van der Waals surface area (Å²) in [5.41, 5.74) is 0.766. The van der Waals surface area contributed by atoms with Crippen molar-refractivity contribution in [2.24, 2.45) is 0 Å². The van der Waals surface area contributed by atoms with Crippen molar-refractivity contribution >= 4 is 11.6 Å². The van der Waals surface area contributed by atoms with Gasteiger partial charge in [-0.05, 0) is 12.5 Å². The monoisotopic (exact) mass is 261 g/mol. The standard InChI is InChI=1S/C13H15N3O3/c1-2-3-4-11-9(5-6-19-11)7-10(17)12(18)13-14-8-15-16-13/h5-6,8H,2-4,7H2,1H3,(H,14,15,16). The van der Waals surface area contributed by atoms with Gasteiger partial charge in [0.05, 0.1) is 6.26 Å². The molecule has 2 rings (SSSR count). The molecular formula is C13H15N3O3. The van der Waals surface area contributed by atoms with Crippen molar-refractivity contribution < 1.29 is 14.0 Å². The lowest BCUT2D eigenvalue weighted by Crippen LogP contribution is -2.18. The molecule has 0 unspecified atom stereocenters. The number of aromatic nitrogens is 3.